The molecule has 0 radical (unpaired) electrons. The van der Waals surface area contributed by atoms with Gasteiger partial charge in [0.25, 0.3) is 5.91 Å². The van der Waals surface area contributed by atoms with Crippen molar-refractivity contribution < 1.29 is 23.8 Å². The number of likely N-dealkylation sites (tertiary alicyclic amines) is 2. The van der Waals surface area contributed by atoms with Crippen molar-refractivity contribution in [1.29, 1.82) is 0 Å². The third kappa shape index (κ3) is 5.98. The van der Waals surface area contributed by atoms with Gasteiger partial charge in [0.2, 0.25) is 11.7 Å². The lowest BCUT2D eigenvalue weighted by Gasteiger charge is -2.52. The van der Waals surface area contributed by atoms with Crippen LogP contribution in [0.5, 0.6) is 17.2 Å². The molecule has 0 aromatic heterocycles. The van der Waals surface area contributed by atoms with Gasteiger partial charge in [-0.3, -0.25) is 14.5 Å². The zero-order chi connectivity index (χ0) is 31.6. The molecule has 9 heteroatoms. The maximum Gasteiger partial charge on any atom is 0.254 e. The number of nitrogens with two attached hydrogens (primary N) is 1. The van der Waals surface area contributed by atoms with Crippen LogP contribution >= 0.6 is 12.4 Å². The molecule has 3 aromatic carbocycles. The van der Waals surface area contributed by atoms with E-state index in [0.717, 1.165) is 25.1 Å². The van der Waals surface area contributed by atoms with Crippen LogP contribution in [0, 0.1) is 13.8 Å². The first kappa shape index (κ1) is 34.1. The molecule has 3 aromatic rings. The Morgan fingerprint density at radius 1 is 0.867 bits per heavy atom. The van der Waals surface area contributed by atoms with Gasteiger partial charge >= 0.3 is 0 Å². The average Bonchev–Trinajstić information content (AvgIpc) is 3.51. The van der Waals surface area contributed by atoms with E-state index in [1.807, 2.05) is 35.2 Å². The first-order chi connectivity index (χ1) is 21.1. The van der Waals surface area contributed by atoms with E-state index in [2.05, 4.69) is 43.9 Å². The summed E-state index contributed by atoms with van der Waals surface area (Å²) in [6, 6.07) is 20.1. The predicted molar refractivity (Wildman–Crippen MR) is 179 cm³/mol. The van der Waals surface area contributed by atoms with Crippen LogP contribution in [0.25, 0.3) is 0 Å². The summed E-state index contributed by atoms with van der Waals surface area (Å²) in [5, 5.41) is 0. The van der Waals surface area contributed by atoms with E-state index in [0.29, 0.717) is 48.7 Å². The number of hydrogen-bond acceptors (Lipinski definition) is 6. The second-order valence-corrected chi connectivity index (χ2v) is 12.3. The molecule has 45 heavy (non-hydrogen) atoms. The molecule has 2 saturated heterocycles. The molecule has 5 rings (SSSR count). The van der Waals surface area contributed by atoms with E-state index in [-0.39, 0.29) is 30.3 Å². The Morgan fingerprint density at radius 3 is 2.09 bits per heavy atom. The van der Waals surface area contributed by atoms with Gasteiger partial charge in [0.1, 0.15) is 0 Å². The van der Waals surface area contributed by atoms with Gasteiger partial charge in [0.15, 0.2) is 11.5 Å². The molecule has 3 atom stereocenters. The highest BCUT2D eigenvalue weighted by Crippen LogP contribution is 2.49. The lowest BCUT2D eigenvalue weighted by atomic mass is 9.61. The number of carbonyl (C=O) groups is 2. The summed E-state index contributed by atoms with van der Waals surface area (Å²) in [5.74, 6) is 0.935. The molecule has 0 spiro atoms. The number of ether oxygens (including phenoxy) is 3. The molecule has 2 fully saturated rings. The van der Waals surface area contributed by atoms with Crippen LogP contribution in [0.15, 0.2) is 60.7 Å². The number of piperidine rings is 1. The fourth-order valence-electron chi connectivity index (χ4n) is 7.51. The second kappa shape index (κ2) is 13.7. The zero-order valence-corrected chi connectivity index (χ0v) is 28.0. The summed E-state index contributed by atoms with van der Waals surface area (Å²) in [7, 11) is 4.64. The van der Waals surface area contributed by atoms with Crippen LogP contribution < -0.4 is 19.9 Å². The molecule has 2 aliphatic rings. The summed E-state index contributed by atoms with van der Waals surface area (Å²) < 4.78 is 16.6. The molecule has 0 bridgehead atoms. The molecule has 0 saturated carbocycles. The lowest BCUT2D eigenvalue weighted by Crippen LogP contribution is -2.61. The lowest BCUT2D eigenvalue weighted by molar-refractivity contribution is -0.127. The summed E-state index contributed by atoms with van der Waals surface area (Å²) in [6.45, 7) is 9.09. The number of carbonyl (C=O) groups excluding carboxylic acids is 2. The molecule has 2 aliphatic heterocycles. The van der Waals surface area contributed by atoms with E-state index >= 15 is 0 Å². The Balaban J connectivity index is 0.00000461. The first-order valence-electron chi connectivity index (χ1n) is 15.4. The van der Waals surface area contributed by atoms with E-state index in [9.17, 15) is 9.59 Å². The highest BCUT2D eigenvalue weighted by molar-refractivity contribution is 5.96. The van der Waals surface area contributed by atoms with Gasteiger partial charge in [-0.2, -0.15) is 0 Å². The van der Waals surface area contributed by atoms with Crippen molar-refractivity contribution in [1.82, 2.24) is 9.80 Å². The average molecular weight is 636 g/mol. The minimum Gasteiger partial charge on any atom is -0.493 e. The van der Waals surface area contributed by atoms with Crippen molar-refractivity contribution in [3.8, 4) is 17.2 Å². The molecule has 2 N–H and O–H groups in total. The number of aryl methyl sites for hydroxylation is 2. The molecule has 2 heterocycles. The normalized spacial score (nSPS) is 23.2. The molecule has 3 unspecified atom stereocenters. The Morgan fingerprint density at radius 2 is 1.53 bits per heavy atom. The van der Waals surface area contributed by atoms with Gasteiger partial charge < -0.3 is 24.8 Å². The van der Waals surface area contributed by atoms with Gasteiger partial charge in [0.05, 0.1) is 26.7 Å². The van der Waals surface area contributed by atoms with Crippen LogP contribution in [0.2, 0.25) is 0 Å². The van der Waals surface area contributed by atoms with Gasteiger partial charge in [-0.15, -0.1) is 12.4 Å². The Bertz CT molecular complexity index is 1510. The maximum absolute atomic E-state index is 14.2. The van der Waals surface area contributed by atoms with Gasteiger partial charge in [-0.05, 0) is 80.6 Å². The molecule has 2 amide bonds. The number of methoxy groups -OCH3 is 3. The van der Waals surface area contributed by atoms with E-state index in [4.69, 9.17) is 19.9 Å². The quantitative estimate of drug-likeness (QED) is 0.336. The number of nitrogens with zero attached hydrogens (tertiary/aromatic N) is 2. The highest BCUT2D eigenvalue weighted by Gasteiger charge is 2.55. The fraction of sp³-hybridized carbons (Fsp3) is 0.444. The molecular weight excluding hydrogens is 590 g/mol. The smallest absolute Gasteiger partial charge is 0.254 e. The number of rotatable bonds is 9. The predicted octanol–water partition coefficient (Wildman–Crippen LogP) is 5.44. The SMILES string of the molecule is CCN1CCC(C(N)=O)(c2ccccc2)CC1C1(c2ccc(C)c(C)c2)CCN(C(=O)c2cc(OC)c(OC)c(OC)c2)C1.Cl. The zero-order valence-electron chi connectivity index (χ0n) is 27.2. The van der Waals surface area contributed by atoms with Crippen molar-refractivity contribution in [3.63, 3.8) is 0 Å². The number of amides is 2. The molecular formula is C36H46ClN3O5. The summed E-state index contributed by atoms with van der Waals surface area (Å²) in [6.07, 6.45) is 2.00. The number of hydrogen-bond donors (Lipinski definition) is 1. The summed E-state index contributed by atoms with van der Waals surface area (Å²) >= 11 is 0. The largest absolute Gasteiger partial charge is 0.493 e. The van der Waals surface area contributed by atoms with Crippen LogP contribution in [0.1, 0.15) is 58.8 Å². The minimum absolute atomic E-state index is 0. The summed E-state index contributed by atoms with van der Waals surface area (Å²) in [4.78, 5) is 32.0. The maximum atomic E-state index is 14.2. The Kier molecular flexibility index (Phi) is 10.4. The van der Waals surface area contributed by atoms with E-state index < -0.39 is 10.8 Å². The second-order valence-electron chi connectivity index (χ2n) is 12.3. The molecule has 8 nitrogen and oxygen atoms in total. The first-order valence-corrected chi connectivity index (χ1v) is 15.4. The minimum atomic E-state index is -0.793. The van der Waals surface area contributed by atoms with E-state index in [1.165, 1.54) is 16.7 Å². The molecule has 242 valence electrons. The van der Waals surface area contributed by atoms with Crippen molar-refractivity contribution in [2.24, 2.45) is 5.73 Å². The fourth-order valence-corrected chi connectivity index (χ4v) is 7.51. The van der Waals surface area contributed by atoms with Crippen molar-refractivity contribution >= 4 is 24.2 Å². The Labute approximate surface area is 273 Å². The monoisotopic (exact) mass is 635 g/mol. The van der Waals surface area contributed by atoms with Crippen molar-refractivity contribution in [2.75, 3.05) is 47.5 Å². The number of halogens is 1. The van der Waals surface area contributed by atoms with Crippen LogP contribution in [0.4, 0.5) is 0 Å². The molecule has 0 aliphatic carbocycles. The van der Waals surface area contributed by atoms with Gasteiger partial charge in [-0.25, -0.2) is 0 Å². The third-order valence-corrected chi connectivity index (χ3v) is 10.2. The number of primary amides is 1. The van der Waals surface area contributed by atoms with Gasteiger partial charge in [-0.1, -0.05) is 55.5 Å². The summed E-state index contributed by atoms with van der Waals surface area (Å²) in [5.41, 5.74) is 10.1. The van der Waals surface area contributed by atoms with Crippen LogP contribution in [-0.2, 0) is 15.6 Å². The Hall–Kier alpha value is -3.75. The van der Waals surface area contributed by atoms with E-state index in [1.54, 1.807) is 33.5 Å². The topological polar surface area (TPSA) is 94.3 Å². The third-order valence-electron chi connectivity index (χ3n) is 10.2. The van der Waals surface area contributed by atoms with Crippen LogP contribution in [-0.4, -0.2) is 75.2 Å². The number of benzene rings is 3. The highest BCUT2D eigenvalue weighted by atomic mass is 35.5. The van der Waals surface area contributed by atoms with Crippen LogP contribution in [0.3, 0.4) is 0 Å². The number of likely N-dealkylation sites (N-methyl/N-ethyl adjacent to an activating group) is 1. The van der Waals surface area contributed by atoms with Gasteiger partial charge in [0, 0.05) is 30.1 Å². The van der Waals surface area contributed by atoms with Crippen molar-refractivity contribution in [3.05, 3.63) is 88.5 Å². The standard InChI is InChI=1S/C36H45N3O5.ClH/c1-7-38-17-15-35(34(37)41,27-11-9-8-10-12-27)22-31(38)36(28-14-13-24(2)25(3)19-28)16-18-39(23-36)33(40)26-20-29(42-4)32(44-6)30(21-26)43-5;/h8-14,19-21,31H,7,15-18,22-23H2,1-6H3,(H2,37,41);1H. The van der Waals surface area contributed by atoms with Crippen molar-refractivity contribution in [2.45, 2.75) is 56.9 Å².